The molecule has 0 amide bonds. The first-order valence-electron chi connectivity index (χ1n) is 5.97. The first-order valence-corrected chi connectivity index (χ1v) is 7.37. The van der Waals surface area contributed by atoms with Gasteiger partial charge in [-0.05, 0) is 37.9 Å². The van der Waals surface area contributed by atoms with E-state index in [9.17, 15) is 13.2 Å². The number of likely N-dealkylation sites (N-methyl/N-ethyl adjacent to an activating group) is 1. The normalized spacial score (nSPS) is 14.7. The Hall–Kier alpha value is -0.720. The van der Waals surface area contributed by atoms with E-state index in [1.807, 2.05) is 25.1 Å². The van der Waals surface area contributed by atoms with E-state index >= 15 is 0 Å². The van der Waals surface area contributed by atoms with Gasteiger partial charge in [-0.25, -0.2) is 13.2 Å². The molecule has 0 aliphatic carbocycles. The lowest BCUT2D eigenvalue weighted by Crippen LogP contribution is -2.38. The first-order chi connectivity index (χ1) is 8.92. The fourth-order valence-electron chi connectivity index (χ4n) is 1.97. The third-order valence-corrected chi connectivity index (χ3v) is 4.02. The molecule has 2 unspecified atom stereocenters. The van der Waals surface area contributed by atoms with Crippen LogP contribution in [0, 0.1) is 17.5 Å². The molecule has 1 aromatic rings. The standard InChI is InChI=1S/C13H19F3N2S/c1-8(7-19-3)18(2)12(6-17)9-4-10(14)13(16)11(15)5-9/h4-5,8,12H,6-7,17H2,1-3H3. The highest BCUT2D eigenvalue weighted by molar-refractivity contribution is 7.98. The van der Waals surface area contributed by atoms with E-state index in [1.54, 1.807) is 11.8 Å². The molecule has 0 radical (unpaired) electrons. The van der Waals surface area contributed by atoms with Crippen LogP contribution in [-0.2, 0) is 0 Å². The van der Waals surface area contributed by atoms with Crippen LogP contribution in [0.5, 0.6) is 0 Å². The topological polar surface area (TPSA) is 29.3 Å². The molecule has 108 valence electrons. The molecule has 0 aromatic heterocycles. The van der Waals surface area contributed by atoms with Crippen LogP contribution in [0.2, 0.25) is 0 Å². The Morgan fingerprint density at radius 1 is 1.26 bits per heavy atom. The van der Waals surface area contributed by atoms with Gasteiger partial charge in [0, 0.05) is 24.4 Å². The molecule has 0 spiro atoms. The van der Waals surface area contributed by atoms with Gasteiger partial charge in [0.2, 0.25) is 0 Å². The molecule has 0 bridgehead atoms. The summed E-state index contributed by atoms with van der Waals surface area (Å²) in [5.74, 6) is -2.93. The maximum atomic E-state index is 13.3. The quantitative estimate of drug-likeness (QED) is 0.818. The van der Waals surface area contributed by atoms with Crippen molar-refractivity contribution in [3.8, 4) is 0 Å². The van der Waals surface area contributed by atoms with Gasteiger partial charge in [-0.3, -0.25) is 4.90 Å². The van der Waals surface area contributed by atoms with Gasteiger partial charge in [-0.2, -0.15) is 11.8 Å². The van der Waals surface area contributed by atoms with Crippen molar-refractivity contribution in [1.29, 1.82) is 0 Å². The smallest absolute Gasteiger partial charge is 0.194 e. The van der Waals surface area contributed by atoms with Crippen LogP contribution in [0.4, 0.5) is 13.2 Å². The molecule has 6 heteroatoms. The maximum absolute atomic E-state index is 13.3. The summed E-state index contributed by atoms with van der Waals surface area (Å²) in [5, 5.41) is 0. The van der Waals surface area contributed by atoms with E-state index in [2.05, 4.69) is 0 Å². The summed E-state index contributed by atoms with van der Waals surface area (Å²) in [4.78, 5) is 1.95. The third-order valence-electron chi connectivity index (χ3n) is 3.21. The van der Waals surface area contributed by atoms with E-state index in [1.165, 1.54) is 0 Å². The Balaban J connectivity index is 3.03. The summed E-state index contributed by atoms with van der Waals surface area (Å²) in [6.07, 6.45) is 1.99. The molecule has 0 heterocycles. The van der Waals surface area contributed by atoms with Crippen molar-refractivity contribution in [2.75, 3.05) is 25.6 Å². The number of nitrogens with two attached hydrogens (primary N) is 1. The van der Waals surface area contributed by atoms with Gasteiger partial charge in [0.1, 0.15) is 0 Å². The predicted octanol–water partition coefficient (Wildman–Crippen LogP) is 2.79. The zero-order valence-electron chi connectivity index (χ0n) is 11.3. The second-order valence-electron chi connectivity index (χ2n) is 4.52. The molecule has 1 rings (SSSR count). The van der Waals surface area contributed by atoms with Crippen molar-refractivity contribution in [3.05, 3.63) is 35.1 Å². The highest BCUT2D eigenvalue weighted by Gasteiger charge is 2.22. The van der Waals surface area contributed by atoms with Gasteiger partial charge in [0.15, 0.2) is 17.5 Å². The summed E-state index contributed by atoms with van der Waals surface area (Å²) in [5.41, 5.74) is 6.05. The fourth-order valence-corrected chi connectivity index (χ4v) is 2.69. The van der Waals surface area contributed by atoms with Crippen LogP contribution in [0.3, 0.4) is 0 Å². The molecule has 0 saturated carbocycles. The van der Waals surface area contributed by atoms with Crippen molar-refractivity contribution in [3.63, 3.8) is 0 Å². The van der Waals surface area contributed by atoms with Crippen molar-refractivity contribution in [1.82, 2.24) is 4.90 Å². The molecule has 2 N–H and O–H groups in total. The Kier molecular flexibility index (Phi) is 6.16. The van der Waals surface area contributed by atoms with Gasteiger partial charge >= 0.3 is 0 Å². The van der Waals surface area contributed by atoms with E-state index in [4.69, 9.17) is 5.73 Å². The Labute approximate surface area is 116 Å². The molecule has 2 nitrogen and oxygen atoms in total. The van der Waals surface area contributed by atoms with Gasteiger partial charge < -0.3 is 5.73 Å². The monoisotopic (exact) mass is 292 g/mol. The lowest BCUT2D eigenvalue weighted by Gasteiger charge is -2.32. The van der Waals surface area contributed by atoms with Crippen LogP contribution < -0.4 is 5.73 Å². The van der Waals surface area contributed by atoms with E-state index in [-0.39, 0.29) is 18.6 Å². The predicted molar refractivity (Wildman–Crippen MR) is 73.7 cm³/mol. The number of rotatable bonds is 6. The van der Waals surface area contributed by atoms with Gasteiger partial charge in [0.25, 0.3) is 0 Å². The van der Waals surface area contributed by atoms with E-state index < -0.39 is 17.5 Å². The Morgan fingerprint density at radius 2 is 1.79 bits per heavy atom. The largest absolute Gasteiger partial charge is 0.329 e. The van der Waals surface area contributed by atoms with Crippen molar-refractivity contribution < 1.29 is 13.2 Å². The zero-order valence-corrected chi connectivity index (χ0v) is 12.1. The van der Waals surface area contributed by atoms with Crippen molar-refractivity contribution in [2.45, 2.75) is 19.0 Å². The number of benzene rings is 1. The van der Waals surface area contributed by atoms with Crippen molar-refractivity contribution >= 4 is 11.8 Å². The molecule has 0 aliphatic rings. The van der Waals surface area contributed by atoms with Gasteiger partial charge in [0.05, 0.1) is 0 Å². The molecular weight excluding hydrogens is 273 g/mol. The molecular formula is C13H19F3N2S. The Bertz CT molecular complexity index is 405. The van der Waals surface area contributed by atoms with Crippen LogP contribution in [-0.4, -0.2) is 36.5 Å². The third kappa shape index (κ3) is 3.87. The van der Waals surface area contributed by atoms with Crippen LogP contribution in [0.1, 0.15) is 18.5 Å². The van der Waals surface area contributed by atoms with Crippen LogP contribution in [0.25, 0.3) is 0 Å². The first kappa shape index (κ1) is 16.3. The second-order valence-corrected chi connectivity index (χ2v) is 5.43. The molecule has 2 atom stereocenters. The zero-order chi connectivity index (χ0) is 14.6. The number of hydrogen-bond acceptors (Lipinski definition) is 3. The minimum Gasteiger partial charge on any atom is -0.329 e. The van der Waals surface area contributed by atoms with Crippen LogP contribution >= 0.6 is 11.8 Å². The average Bonchev–Trinajstić information content (AvgIpc) is 2.36. The lowest BCUT2D eigenvalue weighted by atomic mass is 10.0. The molecule has 1 aromatic carbocycles. The van der Waals surface area contributed by atoms with Gasteiger partial charge in [-0.15, -0.1) is 0 Å². The maximum Gasteiger partial charge on any atom is 0.194 e. The Morgan fingerprint density at radius 3 is 2.21 bits per heavy atom. The summed E-state index contributed by atoms with van der Waals surface area (Å²) < 4.78 is 39.5. The number of thioether (sulfide) groups is 1. The minimum absolute atomic E-state index is 0.194. The molecule has 0 saturated heterocycles. The molecule has 19 heavy (non-hydrogen) atoms. The molecule has 0 fully saturated rings. The highest BCUT2D eigenvalue weighted by Crippen LogP contribution is 2.24. The lowest BCUT2D eigenvalue weighted by molar-refractivity contribution is 0.203. The number of hydrogen-bond donors (Lipinski definition) is 1. The fraction of sp³-hybridized carbons (Fsp3) is 0.538. The highest BCUT2D eigenvalue weighted by atomic mass is 32.2. The van der Waals surface area contributed by atoms with E-state index in [0.29, 0.717) is 5.56 Å². The minimum atomic E-state index is -1.45. The van der Waals surface area contributed by atoms with Crippen molar-refractivity contribution in [2.24, 2.45) is 5.73 Å². The van der Waals surface area contributed by atoms with Gasteiger partial charge in [-0.1, -0.05) is 0 Å². The van der Waals surface area contributed by atoms with Crippen LogP contribution in [0.15, 0.2) is 12.1 Å². The summed E-state index contributed by atoms with van der Waals surface area (Å²) >= 11 is 1.68. The second kappa shape index (κ2) is 7.17. The summed E-state index contributed by atoms with van der Waals surface area (Å²) in [6, 6.07) is 1.88. The summed E-state index contributed by atoms with van der Waals surface area (Å²) in [6.45, 7) is 2.22. The number of halogens is 3. The summed E-state index contributed by atoms with van der Waals surface area (Å²) in [7, 11) is 1.84. The molecule has 0 aliphatic heterocycles. The van der Waals surface area contributed by atoms with E-state index in [0.717, 1.165) is 17.9 Å². The average molecular weight is 292 g/mol. The SMILES string of the molecule is CSCC(C)N(C)C(CN)c1cc(F)c(F)c(F)c1. The number of nitrogens with zero attached hydrogens (tertiary/aromatic N) is 1.